The van der Waals surface area contributed by atoms with Gasteiger partial charge in [-0.25, -0.2) is 0 Å². The van der Waals surface area contributed by atoms with Crippen LogP contribution in [0.1, 0.15) is 0 Å². The van der Waals surface area contributed by atoms with E-state index >= 15 is 0 Å². The van der Waals surface area contributed by atoms with Crippen LogP contribution in [0.5, 0.6) is 0 Å². The maximum Gasteiger partial charge on any atom is 0.136 e. The van der Waals surface area contributed by atoms with Crippen LogP contribution in [0.15, 0.2) is 160 Å². The average Bonchev–Trinajstić information content (AvgIpc) is 3.90. The van der Waals surface area contributed by atoms with Crippen LogP contribution in [0.2, 0.25) is 0 Å². The number of fused-ring (bicyclic) bond motifs is 13. The molecule has 0 bridgehead atoms. The van der Waals surface area contributed by atoms with Gasteiger partial charge in [-0.3, -0.25) is 0 Å². The summed E-state index contributed by atoms with van der Waals surface area (Å²) in [5.74, 6) is 0. The minimum atomic E-state index is 0.904. The Kier molecular flexibility index (Phi) is 4.72. The Labute approximate surface area is 279 Å². The first-order valence-electron chi connectivity index (χ1n) is 16.8. The minimum absolute atomic E-state index is 0.904. The molecule has 12 rings (SSSR count). The molecular formula is C46H25NO2. The Balaban J connectivity index is 1.06. The van der Waals surface area contributed by atoms with Crippen molar-refractivity contribution in [3.8, 4) is 39.1 Å². The highest BCUT2D eigenvalue weighted by molar-refractivity contribution is 6.28. The number of hydrogen-bond donors (Lipinski definition) is 0. The van der Waals surface area contributed by atoms with Crippen molar-refractivity contribution in [2.24, 2.45) is 0 Å². The van der Waals surface area contributed by atoms with Crippen LogP contribution in [-0.4, -0.2) is 4.57 Å². The van der Waals surface area contributed by atoms with E-state index in [0.717, 1.165) is 44.2 Å². The third-order valence-corrected chi connectivity index (χ3v) is 10.7. The molecule has 0 atom stereocenters. The molecule has 0 aliphatic heterocycles. The molecule has 0 spiro atoms. The lowest BCUT2D eigenvalue weighted by Gasteiger charge is -2.09. The molecule has 11 aromatic rings. The Hall–Kier alpha value is -6.58. The molecule has 3 nitrogen and oxygen atoms in total. The average molecular weight is 624 g/mol. The maximum atomic E-state index is 6.55. The van der Waals surface area contributed by atoms with E-state index in [4.69, 9.17) is 8.83 Å². The molecule has 226 valence electrons. The van der Waals surface area contributed by atoms with Crippen LogP contribution < -0.4 is 0 Å². The minimum Gasteiger partial charge on any atom is -0.456 e. The third kappa shape index (κ3) is 3.31. The van der Waals surface area contributed by atoms with Crippen LogP contribution in [0, 0.1) is 0 Å². The molecule has 0 unspecified atom stereocenters. The van der Waals surface area contributed by atoms with E-state index in [1.54, 1.807) is 0 Å². The van der Waals surface area contributed by atoms with Crippen molar-refractivity contribution in [2.45, 2.75) is 0 Å². The number of benzene rings is 8. The summed E-state index contributed by atoms with van der Waals surface area (Å²) in [6.07, 6.45) is 0. The van der Waals surface area contributed by atoms with Gasteiger partial charge in [0.2, 0.25) is 0 Å². The van der Waals surface area contributed by atoms with Gasteiger partial charge in [-0.2, -0.15) is 0 Å². The summed E-state index contributed by atoms with van der Waals surface area (Å²) in [6, 6.07) is 54.7. The second kappa shape index (κ2) is 9.06. The van der Waals surface area contributed by atoms with E-state index in [9.17, 15) is 0 Å². The highest BCUT2D eigenvalue weighted by Crippen LogP contribution is 2.51. The van der Waals surface area contributed by atoms with Crippen LogP contribution in [0.3, 0.4) is 0 Å². The Bertz CT molecular complexity index is 3220. The topological polar surface area (TPSA) is 31.2 Å². The number of nitrogens with zero attached hydrogens (tertiary/aromatic N) is 1. The Morgan fingerprint density at radius 3 is 1.88 bits per heavy atom. The molecule has 8 aromatic carbocycles. The van der Waals surface area contributed by atoms with Crippen LogP contribution in [-0.2, 0) is 0 Å². The molecule has 0 N–H and O–H groups in total. The molecule has 3 heteroatoms. The molecule has 0 amide bonds. The summed E-state index contributed by atoms with van der Waals surface area (Å²) in [5.41, 5.74) is 14.6. The quantitative estimate of drug-likeness (QED) is 0.192. The number of para-hydroxylation sites is 2. The first-order valence-corrected chi connectivity index (χ1v) is 16.8. The molecule has 1 aliphatic carbocycles. The number of furan rings is 2. The van der Waals surface area contributed by atoms with Gasteiger partial charge in [0.05, 0.1) is 11.0 Å². The second-order valence-electron chi connectivity index (χ2n) is 13.2. The lowest BCUT2D eigenvalue weighted by molar-refractivity contribution is 0.668. The zero-order valence-corrected chi connectivity index (χ0v) is 26.2. The van der Waals surface area contributed by atoms with Crippen molar-refractivity contribution in [3.63, 3.8) is 0 Å². The first kappa shape index (κ1) is 25.5. The SMILES string of the molecule is c1ccc2c(c1)-c1cccc3c1c-2cc1oc2ccc(-c4ccc5c(c4)c4ccccc4n5-c4ccc5oc6ccccc6c5c4)cc2c13. The van der Waals surface area contributed by atoms with Gasteiger partial charge < -0.3 is 13.4 Å². The number of aromatic nitrogens is 1. The lowest BCUT2D eigenvalue weighted by atomic mass is 9.96. The van der Waals surface area contributed by atoms with Gasteiger partial charge in [0.1, 0.15) is 22.3 Å². The lowest BCUT2D eigenvalue weighted by Crippen LogP contribution is -1.93. The van der Waals surface area contributed by atoms with Crippen LogP contribution in [0.25, 0.3) is 116 Å². The predicted molar refractivity (Wildman–Crippen MR) is 203 cm³/mol. The molecule has 0 saturated carbocycles. The van der Waals surface area contributed by atoms with Gasteiger partial charge in [0.25, 0.3) is 0 Å². The molecule has 3 aromatic heterocycles. The van der Waals surface area contributed by atoms with Gasteiger partial charge in [-0.1, -0.05) is 91.0 Å². The maximum absolute atomic E-state index is 6.55. The fraction of sp³-hybridized carbons (Fsp3) is 0. The van der Waals surface area contributed by atoms with Crippen molar-refractivity contribution >= 4 is 76.5 Å². The monoisotopic (exact) mass is 623 g/mol. The zero-order chi connectivity index (χ0) is 31.8. The van der Waals surface area contributed by atoms with E-state index in [1.165, 1.54) is 71.3 Å². The van der Waals surface area contributed by atoms with Crippen molar-refractivity contribution < 1.29 is 8.83 Å². The first-order chi connectivity index (χ1) is 24.3. The van der Waals surface area contributed by atoms with Crippen molar-refractivity contribution in [2.75, 3.05) is 0 Å². The largest absolute Gasteiger partial charge is 0.456 e. The van der Waals surface area contributed by atoms with Gasteiger partial charge in [-0.05, 0) is 105 Å². The van der Waals surface area contributed by atoms with Crippen molar-refractivity contribution in [1.82, 2.24) is 4.57 Å². The van der Waals surface area contributed by atoms with E-state index < -0.39 is 0 Å². The normalized spacial score (nSPS) is 12.5. The van der Waals surface area contributed by atoms with E-state index in [1.807, 2.05) is 12.1 Å². The van der Waals surface area contributed by atoms with Gasteiger partial charge in [0, 0.05) is 38.0 Å². The summed E-state index contributed by atoms with van der Waals surface area (Å²) in [6.45, 7) is 0. The standard InChI is InChI=1S/C46H25NO2/c1-2-9-30-29(8-1)33-12-7-13-34-45(33)37(30)25-44-46(34)38-23-27(17-20-43(38)49-44)26-16-19-40-35(22-26)31-10-3-5-14-39(31)47(40)28-18-21-42-36(24-28)32-11-4-6-15-41(32)48-42/h1-25H. The molecule has 49 heavy (non-hydrogen) atoms. The predicted octanol–water partition coefficient (Wildman–Crippen LogP) is 13.1. The highest BCUT2D eigenvalue weighted by Gasteiger charge is 2.24. The van der Waals surface area contributed by atoms with Crippen molar-refractivity contribution in [3.05, 3.63) is 152 Å². The van der Waals surface area contributed by atoms with E-state index in [2.05, 4.69) is 144 Å². The summed E-state index contributed by atoms with van der Waals surface area (Å²) in [4.78, 5) is 0. The highest BCUT2D eigenvalue weighted by atomic mass is 16.3. The summed E-state index contributed by atoms with van der Waals surface area (Å²) in [5, 5.41) is 9.62. The van der Waals surface area contributed by atoms with Gasteiger partial charge in [0.15, 0.2) is 0 Å². The smallest absolute Gasteiger partial charge is 0.136 e. The summed E-state index contributed by atoms with van der Waals surface area (Å²) >= 11 is 0. The third-order valence-electron chi connectivity index (χ3n) is 10.7. The number of hydrogen-bond acceptors (Lipinski definition) is 2. The molecule has 1 aliphatic rings. The fourth-order valence-corrected chi connectivity index (χ4v) is 8.60. The zero-order valence-electron chi connectivity index (χ0n) is 26.2. The molecule has 0 fully saturated rings. The Morgan fingerprint density at radius 1 is 0.327 bits per heavy atom. The van der Waals surface area contributed by atoms with Gasteiger partial charge in [-0.15, -0.1) is 0 Å². The van der Waals surface area contributed by atoms with E-state index in [-0.39, 0.29) is 0 Å². The Morgan fingerprint density at radius 2 is 0.959 bits per heavy atom. The van der Waals surface area contributed by atoms with Crippen LogP contribution in [0.4, 0.5) is 0 Å². The second-order valence-corrected chi connectivity index (χ2v) is 13.2. The van der Waals surface area contributed by atoms with Crippen molar-refractivity contribution in [1.29, 1.82) is 0 Å². The molecule has 0 saturated heterocycles. The molecule has 3 heterocycles. The number of rotatable bonds is 2. The summed E-state index contributed by atoms with van der Waals surface area (Å²) < 4.78 is 15.1. The molecular weight excluding hydrogens is 599 g/mol. The van der Waals surface area contributed by atoms with E-state index in [0.29, 0.717) is 0 Å². The van der Waals surface area contributed by atoms with Crippen LogP contribution >= 0.6 is 0 Å². The summed E-state index contributed by atoms with van der Waals surface area (Å²) in [7, 11) is 0. The molecule has 0 radical (unpaired) electrons. The fourth-order valence-electron chi connectivity index (χ4n) is 8.60. The van der Waals surface area contributed by atoms with Gasteiger partial charge >= 0.3 is 0 Å².